The van der Waals surface area contributed by atoms with Gasteiger partial charge in [0.25, 0.3) is 0 Å². The second-order valence-corrected chi connectivity index (χ2v) is 6.43. The maximum Gasteiger partial charge on any atom is 0.240 e. The Labute approximate surface area is 108 Å². The third kappa shape index (κ3) is 3.31. The molecule has 5 heteroatoms. The summed E-state index contributed by atoms with van der Waals surface area (Å²) in [4.78, 5) is 0.306. The van der Waals surface area contributed by atoms with Gasteiger partial charge in [-0.25, -0.2) is 13.1 Å². The van der Waals surface area contributed by atoms with Crippen LogP contribution < -0.4 is 4.72 Å². The Kier molecular flexibility index (Phi) is 4.04. The molecule has 0 spiro atoms. The lowest BCUT2D eigenvalue weighted by atomic mass is 10.2. The molecule has 18 heavy (non-hydrogen) atoms. The molecule has 100 valence electrons. The Hall–Kier alpha value is -0.910. The summed E-state index contributed by atoms with van der Waals surface area (Å²) in [6, 6.07) is 6.83. The molecule has 2 rings (SSSR count). The molecule has 0 aliphatic carbocycles. The number of hydrogen-bond donors (Lipinski definition) is 1. The molecule has 0 amide bonds. The van der Waals surface area contributed by atoms with E-state index in [0.717, 1.165) is 18.4 Å². The van der Waals surface area contributed by atoms with Crippen molar-refractivity contribution in [3.63, 3.8) is 0 Å². The van der Waals surface area contributed by atoms with Crippen molar-refractivity contribution in [3.8, 4) is 0 Å². The van der Waals surface area contributed by atoms with Crippen LogP contribution in [-0.4, -0.2) is 27.2 Å². The number of benzene rings is 1. The number of sulfonamides is 1. The average Bonchev–Trinajstić information content (AvgIpc) is 3.06. The monoisotopic (exact) mass is 269 g/mol. The van der Waals surface area contributed by atoms with Gasteiger partial charge in [0.1, 0.15) is 0 Å². The fraction of sp³-hybridized carbons (Fsp3) is 0.538. The normalized spacial score (nSPS) is 23.0. The number of rotatable bonds is 6. The molecule has 1 fully saturated rings. The molecule has 0 aromatic heterocycles. The van der Waals surface area contributed by atoms with Crippen LogP contribution in [0.1, 0.15) is 25.3 Å². The van der Waals surface area contributed by atoms with E-state index in [2.05, 4.69) is 11.6 Å². The minimum absolute atomic E-state index is 0.0465. The Balaban J connectivity index is 1.90. The Bertz CT molecular complexity index is 495. The summed E-state index contributed by atoms with van der Waals surface area (Å²) in [6.07, 6.45) is 2.34. The number of hydrogen-bond acceptors (Lipinski definition) is 3. The maximum atomic E-state index is 12.0. The molecule has 1 aliphatic rings. The number of ether oxygens (including phenoxy) is 1. The summed E-state index contributed by atoms with van der Waals surface area (Å²) in [5.41, 5.74) is 1.04. The first-order chi connectivity index (χ1) is 8.53. The lowest BCUT2D eigenvalue weighted by Gasteiger charge is -2.05. The molecule has 4 nitrogen and oxygen atoms in total. The summed E-state index contributed by atoms with van der Waals surface area (Å²) in [5, 5.41) is 0. The molecule has 1 aromatic carbocycles. The molecular formula is C13H19NO3S. The highest BCUT2D eigenvalue weighted by Crippen LogP contribution is 2.26. The predicted molar refractivity (Wildman–Crippen MR) is 69.9 cm³/mol. The van der Waals surface area contributed by atoms with Gasteiger partial charge in [0.15, 0.2) is 0 Å². The van der Waals surface area contributed by atoms with Crippen LogP contribution in [0.15, 0.2) is 29.2 Å². The van der Waals surface area contributed by atoms with Crippen LogP contribution in [0.3, 0.4) is 0 Å². The van der Waals surface area contributed by atoms with Gasteiger partial charge in [0, 0.05) is 6.54 Å². The molecule has 1 aromatic rings. The van der Waals surface area contributed by atoms with Gasteiger partial charge >= 0.3 is 0 Å². The molecule has 2 unspecified atom stereocenters. The third-order valence-electron chi connectivity index (χ3n) is 3.07. The van der Waals surface area contributed by atoms with Crippen molar-refractivity contribution in [2.24, 2.45) is 0 Å². The van der Waals surface area contributed by atoms with Crippen molar-refractivity contribution in [3.05, 3.63) is 29.8 Å². The smallest absolute Gasteiger partial charge is 0.240 e. The molecular weight excluding hydrogens is 250 g/mol. The van der Waals surface area contributed by atoms with Crippen LogP contribution in [0.2, 0.25) is 0 Å². The van der Waals surface area contributed by atoms with E-state index in [1.807, 2.05) is 6.92 Å². The lowest BCUT2D eigenvalue weighted by molar-refractivity contribution is 0.361. The van der Waals surface area contributed by atoms with Crippen molar-refractivity contribution in [2.45, 2.75) is 43.8 Å². The first-order valence-corrected chi connectivity index (χ1v) is 7.73. The Morgan fingerprint density at radius 3 is 2.50 bits per heavy atom. The van der Waals surface area contributed by atoms with Crippen LogP contribution in [0.5, 0.6) is 0 Å². The van der Waals surface area contributed by atoms with E-state index in [9.17, 15) is 8.42 Å². The van der Waals surface area contributed by atoms with Gasteiger partial charge in [-0.1, -0.05) is 31.0 Å². The minimum Gasteiger partial charge on any atom is -0.368 e. The highest BCUT2D eigenvalue weighted by Gasteiger charge is 2.38. The fourth-order valence-corrected chi connectivity index (χ4v) is 2.93. The quantitative estimate of drug-likeness (QED) is 0.802. The van der Waals surface area contributed by atoms with Crippen molar-refractivity contribution in [1.82, 2.24) is 4.72 Å². The van der Waals surface area contributed by atoms with Gasteiger partial charge in [-0.3, -0.25) is 0 Å². The molecule has 1 N–H and O–H groups in total. The van der Waals surface area contributed by atoms with Gasteiger partial charge in [-0.2, -0.15) is 0 Å². The highest BCUT2D eigenvalue weighted by atomic mass is 32.2. The second kappa shape index (κ2) is 5.38. The third-order valence-corrected chi connectivity index (χ3v) is 4.51. The molecule has 1 saturated heterocycles. The molecule has 0 bridgehead atoms. The summed E-state index contributed by atoms with van der Waals surface area (Å²) in [5.74, 6) is 0. The van der Waals surface area contributed by atoms with E-state index in [4.69, 9.17) is 4.74 Å². The number of aryl methyl sites for hydroxylation is 1. The predicted octanol–water partition coefficient (Wildman–Crippen LogP) is 1.84. The molecule has 2 atom stereocenters. The van der Waals surface area contributed by atoms with Crippen molar-refractivity contribution < 1.29 is 13.2 Å². The summed E-state index contributed by atoms with van der Waals surface area (Å²) in [7, 11) is -3.40. The zero-order valence-electron chi connectivity index (χ0n) is 10.7. The Morgan fingerprint density at radius 1 is 1.22 bits per heavy atom. The van der Waals surface area contributed by atoms with E-state index in [0.29, 0.717) is 11.4 Å². The topological polar surface area (TPSA) is 58.7 Å². The van der Waals surface area contributed by atoms with Crippen molar-refractivity contribution in [1.29, 1.82) is 0 Å². The minimum atomic E-state index is -3.40. The summed E-state index contributed by atoms with van der Waals surface area (Å²) >= 11 is 0. The lowest BCUT2D eigenvalue weighted by Crippen LogP contribution is -2.28. The van der Waals surface area contributed by atoms with E-state index >= 15 is 0 Å². The Morgan fingerprint density at radius 2 is 1.89 bits per heavy atom. The van der Waals surface area contributed by atoms with E-state index in [1.54, 1.807) is 24.3 Å². The van der Waals surface area contributed by atoms with E-state index < -0.39 is 10.0 Å². The van der Waals surface area contributed by atoms with Gasteiger partial charge in [-0.15, -0.1) is 0 Å². The van der Waals surface area contributed by atoms with Crippen molar-refractivity contribution >= 4 is 10.0 Å². The number of epoxide rings is 1. The summed E-state index contributed by atoms with van der Waals surface area (Å²) in [6.45, 7) is 4.38. The highest BCUT2D eigenvalue weighted by molar-refractivity contribution is 7.89. The van der Waals surface area contributed by atoms with Crippen LogP contribution in [0.25, 0.3) is 0 Å². The van der Waals surface area contributed by atoms with Crippen molar-refractivity contribution in [2.75, 3.05) is 6.54 Å². The first-order valence-electron chi connectivity index (χ1n) is 6.24. The average molecular weight is 269 g/mol. The standard InChI is InChI=1S/C13H19NO3S/c1-3-4-12-13(17-12)9-14-18(15,16)11-7-5-10(2)6-8-11/h5-8,12-14H,3-4,9H2,1-2H3. The molecule has 1 heterocycles. The van der Waals surface area contributed by atoms with Crippen LogP contribution in [0.4, 0.5) is 0 Å². The SMILES string of the molecule is CCCC1OC1CNS(=O)(=O)c1ccc(C)cc1. The van der Waals surface area contributed by atoms with E-state index in [1.165, 1.54) is 0 Å². The second-order valence-electron chi connectivity index (χ2n) is 4.67. The summed E-state index contributed by atoms with van der Waals surface area (Å²) < 4.78 is 31.9. The number of nitrogens with one attached hydrogen (secondary N) is 1. The fourth-order valence-electron chi connectivity index (χ4n) is 1.89. The maximum absolute atomic E-state index is 12.0. The van der Waals surface area contributed by atoms with E-state index in [-0.39, 0.29) is 12.2 Å². The van der Waals surface area contributed by atoms with Crippen LogP contribution in [0, 0.1) is 6.92 Å². The largest absolute Gasteiger partial charge is 0.368 e. The van der Waals surface area contributed by atoms with Crippen LogP contribution >= 0.6 is 0 Å². The molecule has 0 radical (unpaired) electrons. The van der Waals surface area contributed by atoms with Gasteiger partial charge in [-0.05, 0) is 25.5 Å². The van der Waals surface area contributed by atoms with Gasteiger partial charge in [0.05, 0.1) is 17.1 Å². The van der Waals surface area contributed by atoms with Crippen LogP contribution in [-0.2, 0) is 14.8 Å². The van der Waals surface area contributed by atoms with Gasteiger partial charge in [0.2, 0.25) is 10.0 Å². The zero-order valence-corrected chi connectivity index (χ0v) is 11.5. The molecule has 0 saturated carbocycles. The zero-order chi connectivity index (χ0) is 13.2. The first kappa shape index (κ1) is 13.5. The van der Waals surface area contributed by atoms with Gasteiger partial charge < -0.3 is 4.74 Å². The molecule has 1 aliphatic heterocycles.